The number of halogens is 1. The molecule has 92 valence electrons. The molecule has 1 saturated heterocycles. The number of benzene rings is 1. The fourth-order valence-corrected chi connectivity index (χ4v) is 2.06. The van der Waals surface area contributed by atoms with Crippen molar-refractivity contribution in [2.45, 2.75) is 38.9 Å². The molecule has 1 N–H and O–H groups in total. The molecule has 0 amide bonds. The van der Waals surface area contributed by atoms with Gasteiger partial charge in [0.1, 0.15) is 5.75 Å². The molecule has 1 aliphatic rings. The summed E-state index contributed by atoms with van der Waals surface area (Å²) in [6.45, 7) is 7.95. The molecule has 0 atom stereocenters. The van der Waals surface area contributed by atoms with Gasteiger partial charge in [0.15, 0.2) is 0 Å². The number of hydrogen-bond acceptors (Lipinski definition) is 3. The quantitative estimate of drug-likeness (QED) is 0.810. The highest BCUT2D eigenvalue weighted by Gasteiger charge is 2.52. The van der Waals surface area contributed by atoms with Gasteiger partial charge in [-0.05, 0) is 45.9 Å². The Hall–Kier alpha value is -0.515. The molecule has 0 aromatic heterocycles. The zero-order valence-electron chi connectivity index (χ0n) is 10.5. The lowest BCUT2D eigenvalue weighted by Crippen LogP contribution is -2.41. The highest BCUT2D eigenvalue weighted by Crippen LogP contribution is 2.37. The molecular weight excluding hydrogens is 283 g/mol. The van der Waals surface area contributed by atoms with E-state index in [1.165, 1.54) is 0 Å². The third-order valence-corrected chi connectivity index (χ3v) is 3.99. The summed E-state index contributed by atoms with van der Waals surface area (Å²) in [6.07, 6.45) is 0. The molecule has 0 radical (unpaired) electrons. The van der Waals surface area contributed by atoms with Gasteiger partial charge in [-0.2, -0.15) is 0 Å². The predicted molar refractivity (Wildman–Crippen MR) is 71.5 cm³/mol. The van der Waals surface area contributed by atoms with E-state index in [9.17, 15) is 5.11 Å². The normalized spacial score (nSPS) is 21.8. The lowest BCUT2D eigenvalue weighted by molar-refractivity contribution is 0.00578. The van der Waals surface area contributed by atoms with E-state index in [2.05, 4.69) is 15.9 Å². The standard InChI is InChI=1S/C12H16BBrO3/c1-11(2)12(3,4)17-13(16-11)9-7-8(14)5-6-10(9)15/h5-7,15H,1-4H3. The molecule has 0 spiro atoms. The molecule has 0 aliphatic carbocycles. The topological polar surface area (TPSA) is 38.7 Å². The molecule has 1 aromatic carbocycles. The Labute approximate surface area is 110 Å². The maximum Gasteiger partial charge on any atom is 0.498 e. The van der Waals surface area contributed by atoms with Crippen molar-refractivity contribution in [3.63, 3.8) is 0 Å². The fraction of sp³-hybridized carbons (Fsp3) is 0.500. The third-order valence-electron chi connectivity index (χ3n) is 3.50. The van der Waals surface area contributed by atoms with Gasteiger partial charge >= 0.3 is 7.12 Å². The van der Waals surface area contributed by atoms with Crippen LogP contribution in [0.3, 0.4) is 0 Å². The number of rotatable bonds is 1. The second kappa shape index (κ2) is 4.00. The summed E-state index contributed by atoms with van der Waals surface area (Å²) in [4.78, 5) is 0. The zero-order chi connectivity index (χ0) is 12.8. The van der Waals surface area contributed by atoms with Crippen LogP contribution in [0.1, 0.15) is 27.7 Å². The fourth-order valence-electron chi connectivity index (χ4n) is 1.68. The van der Waals surface area contributed by atoms with Crippen LogP contribution in [0.15, 0.2) is 22.7 Å². The van der Waals surface area contributed by atoms with Crippen LogP contribution < -0.4 is 5.46 Å². The van der Waals surface area contributed by atoms with Gasteiger partial charge in [-0.1, -0.05) is 15.9 Å². The van der Waals surface area contributed by atoms with Crippen molar-refractivity contribution >= 4 is 28.5 Å². The molecular formula is C12H16BBrO3. The van der Waals surface area contributed by atoms with Crippen LogP contribution in [-0.2, 0) is 9.31 Å². The summed E-state index contributed by atoms with van der Waals surface area (Å²) in [5, 5.41) is 9.85. The SMILES string of the molecule is CC1(C)OB(c2cc(Br)ccc2O)OC1(C)C. The van der Waals surface area contributed by atoms with Crippen LogP contribution >= 0.6 is 15.9 Å². The monoisotopic (exact) mass is 298 g/mol. The summed E-state index contributed by atoms with van der Waals surface area (Å²) >= 11 is 3.38. The molecule has 1 aromatic rings. The van der Waals surface area contributed by atoms with E-state index < -0.39 is 18.3 Å². The van der Waals surface area contributed by atoms with E-state index >= 15 is 0 Å². The predicted octanol–water partition coefficient (Wildman–Crippen LogP) is 2.45. The zero-order valence-corrected chi connectivity index (χ0v) is 12.0. The van der Waals surface area contributed by atoms with Crippen molar-refractivity contribution in [1.82, 2.24) is 0 Å². The van der Waals surface area contributed by atoms with E-state index in [0.29, 0.717) is 5.46 Å². The van der Waals surface area contributed by atoms with Gasteiger partial charge in [-0.3, -0.25) is 0 Å². The molecule has 17 heavy (non-hydrogen) atoms. The molecule has 0 saturated carbocycles. The van der Waals surface area contributed by atoms with Crippen LogP contribution in [0.2, 0.25) is 0 Å². The lowest BCUT2D eigenvalue weighted by atomic mass is 9.78. The molecule has 0 bridgehead atoms. The Balaban J connectivity index is 2.35. The third kappa shape index (κ3) is 2.24. The number of phenols is 1. The molecule has 3 nitrogen and oxygen atoms in total. The highest BCUT2D eigenvalue weighted by molar-refractivity contribution is 9.10. The van der Waals surface area contributed by atoms with Gasteiger partial charge in [-0.25, -0.2) is 0 Å². The minimum Gasteiger partial charge on any atom is -0.508 e. The Morgan fingerprint density at radius 1 is 1.12 bits per heavy atom. The summed E-state index contributed by atoms with van der Waals surface area (Å²) in [7, 11) is -0.530. The van der Waals surface area contributed by atoms with Crippen LogP contribution in [-0.4, -0.2) is 23.4 Å². The smallest absolute Gasteiger partial charge is 0.498 e. The Bertz CT molecular complexity index is 429. The minimum atomic E-state index is -0.530. The summed E-state index contributed by atoms with van der Waals surface area (Å²) in [5.74, 6) is 0.187. The first kappa shape index (κ1) is 12.9. The second-order valence-electron chi connectivity index (χ2n) is 5.29. The summed E-state index contributed by atoms with van der Waals surface area (Å²) in [6, 6.07) is 5.23. The average molecular weight is 299 g/mol. The van der Waals surface area contributed by atoms with E-state index in [1.807, 2.05) is 33.8 Å². The first-order valence-corrected chi connectivity index (χ1v) is 6.36. The number of aromatic hydroxyl groups is 1. The van der Waals surface area contributed by atoms with Gasteiger partial charge in [0.2, 0.25) is 0 Å². The van der Waals surface area contributed by atoms with Crippen molar-refractivity contribution < 1.29 is 14.4 Å². The second-order valence-corrected chi connectivity index (χ2v) is 6.21. The maximum absolute atomic E-state index is 9.85. The van der Waals surface area contributed by atoms with Crippen molar-refractivity contribution in [3.05, 3.63) is 22.7 Å². The first-order chi connectivity index (χ1) is 7.73. The summed E-state index contributed by atoms with van der Waals surface area (Å²) < 4.78 is 12.7. The van der Waals surface area contributed by atoms with Crippen molar-refractivity contribution in [1.29, 1.82) is 0 Å². The van der Waals surface area contributed by atoms with Gasteiger partial charge in [-0.15, -0.1) is 0 Å². The Morgan fingerprint density at radius 2 is 1.65 bits per heavy atom. The van der Waals surface area contributed by atoms with E-state index in [1.54, 1.807) is 12.1 Å². The largest absolute Gasteiger partial charge is 0.508 e. The van der Waals surface area contributed by atoms with E-state index in [4.69, 9.17) is 9.31 Å². The Kier molecular flexibility index (Phi) is 3.05. The van der Waals surface area contributed by atoms with E-state index in [-0.39, 0.29) is 5.75 Å². The molecule has 1 fully saturated rings. The molecule has 1 aliphatic heterocycles. The minimum absolute atomic E-state index is 0.187. The highest BCUT2D eigenvalue weighted by atomic mass is 79.9. The maximum atomic E-state index is 9.85. The summed E-state index contributed by atoms with van der Waals surface area (Å²) in [5.41, 5.74) is -0.142. The van der Waals surface area contributed by atoms with Gasteiger partial charge < -0.3 is 14.4 Å². The molecule has 1 heterocycles. The van der Waals surface area contributed by atoms with Crippen LogP contribution in [0.5, 0.6) is 5.75 Å². The molecule has 2 rings (SSSR count). The Morgan fingerprint density at radius 3 is 2.18 bits per heavy atom. The van der Waals surface area contributed by atoms with Gasteiger partial charge in [0, 0.05) is 9.94 Å². The number of phenolic OH excluding ortho intramolecular Hbond substituents is 1. The van der Waals surface area contributed by atoms with Crippen molar-refractivity contribution in [2.24, 2.45) is 0 Å². The van der Waals surface area contributed by atoms with Gasteiger partial charge in [0.05, 0.1) is 11.2 Å². The van der Waals surface area contributed by atoms with Crippen molar-refractivity contribution in [3.8, 4) is 5.75 Å². The average Bonchev–Trinajstić information content (AvgIpc) is 2.40. The van der Waals surface area contributed by atoms with Crippen LogP contribution in [0.4, 0.5) is 0 Å². The molecule has 0 unspecified atom stereocenters. The van der Waals surface area contributed by atoms with Crippen molar-refractivity contribution in [2.75, 3.05) is 0 Å². The van der Waals surface area contributed by atoms with Crippen LogP contribution in [0.25, 0.3) is 0 Å². The van der Waals surface area contributed by atoms with Gasteiger partial charge in [0.25, 0.3) is 0 Å². The first-order valence-electron chi connectivity index (χ1n) is 5.57. The molecule has 5 heteroatoms. The number of hydrogen-bond donors (Lipinski definition) is 1. The lowest BCUT2D eigenvalue weighted by Gasteiger charge is -2.32. The van der Waals surface area contributed by atoms with Crippen LogP contribution in [0, 0.1) is 0 Å². The van der Waals surface area contributed by atoms with E-state index in [0.717, 1.165) is 4.47 Å².